The molecule has 8 nitrogen and oxygen atoms in total. The van der Waals surface area contributed by atoms with Crippen LogP contribution in [0.4, 0.5) is 0 Å². The normalized spacial score (nSPS) is 31.3. The van der Waals surface area contributed by atoms with Crippen LogP contribution in [0.15, 0.2) is 48.5 Å². The van der Waals surface area contributed by atoms with Crippen molar-refractivity contribution in [1.29, 1.82) is 0 Å². The minimum atomic E-state index is -1.04. The Kier molecular flexibility index (Phi) is 5.68. The molecule has 3 heterocycles. The van der Waals surface area contributed by atoms with E-state index in [9.17, 15) is 5.11 Å². The van der Waals surface area contributed by atoms with Crippen molar-refractivity contribution in [3.63, 3.8) is 0 Å². The predicted octanol–water partition coefficient (Wildman–Crippen LogP) is 3.35. The van der Waals surface area contributed by atoms with E-state index in [-0.39, 0.29) is 0 Å². The first-order valence-electron chi connectivity index (χ1n) is 11.6. The first-order valence-corrected chi connectivity index (χ1v) is 12.0. The van der Waals surface area contributed by atoms with Crippen molar-refractivity contribution in [3.05, 3.63) is 76.3 Å². The summed E-state index contributed by atoms with van der Waals surface area (Å²) in [7, 11) is 0. The van der Waals surface area contributed by atoms with E-state index < -0.39 is 36.7 Å². The summed E-state index contributed by atoms with van der Waals surface area (Å²) < 4.78 is 20.2. The van der Waals surface area contributed by atoms with Crippen LogP contribution in [-0.4, -0.2) is 50.8 Å². The number of hydrogen-bond acceptors (Lipinski definition) is 7. The van der Waals surface area contributed by atoms with Gasteiger partial charge in [-0.2, -0.15) is 5.10 Å². The van der Waals surface area contributed by atoms with Gasteiger partial charge in [0.25, 0.3) is 0 Å². The van der Waals surface area contributed by atoms with E-state index in [0.29, 0.717) is 29.2 Å². The summed E-state index contributed by atoms with van der Waals surface area (Å²) in [5.41, 5.74) is 9.44. The summed E-state index contributed by atoms with van der Waals surface area (Å²) in [5, 5.41) is 16.5. The molecule has 3 aromatic rings. The molecule has 2 saturated heterocycles. The van der Waals surface area contributed by atoms with E-state index in [2.05, 4.69) is 10.1 Å². The third-order valence-electron chi connectivity index (χ3n) is 6.77. The monoisotopic (exact) mass is 482 g/mol. The van der Waals surface area contributed by atoms with E-state index in [1.807, 2.05) is 55.5 Å². The summed E-state index contributed by atoms with van der Waals surface area (Å²) in [6, 6.07) is 14.8. The molecule has 2 aromatic carbocycles. The molecule has 0 spiro atoms. The van der Waals surface area contributed by atoms with Crippen molar-refractivity contribution in [2.75, 3.05) is 6.61 Å². The molecule has 6 atom stereocenters. The maximum atomic E-state index is 11.2. The predicted molar refractivity (Wildman–Crippen MR) is 125 cm³/mol. The molecule has 9 heteroatoms. The Morgan fingerprint density at radius 2 is 1.91 bits per heavy atom. The summed E-state index contributed by atoms with van der Waals surface area (Å²) in [6.45, 7) is 2.11. The highest BCUT2D eigenvalue weighted by molar-refractivity contribution is 6.30. The first-order chi connectivity index (χ1) is 16.5. The van der Waals surface area contributed by atoms with Crippen molar-refractivity contribution in [1.82, 2.24) is 14.8 Å². The molecule has 4 unspecified atom stereocenters. The number of hydrogen-bond donors (Lipinski definition) is 2. The van der Waals surface area contributed by atoms with Crippen LogP contribution in [0.3, 0.4) is 0 Å². The number of aliphatic hydroxyl groups excluding tert-OH is 1. The van der Waals surface area contributed by atoms with Gasteiger partial charge in [-0.3, -0.25) is 0 Å². The highest BCUT2D eigenvalue weighted by atomic mass is 35.5. The van der Waals surface area contributed by atoms with Gasteiger partial charge < -0.3 is 25.1 Å². The lowest BCUT2D eigenvalue weighted by atomic mass is 9.92. The Balaban J connectivity index is 1.31. The Morgan fingerprint density at radius 1 is 1.12 bits per heavy atom. The van der Waals surface area contributed by atoms with E-state index in [1.165, 1.54) is 0 Å². The van der Waals surface area contributed by atoms with Gasteiger partial charge in [-0.25, -0.2) is 9.67 Å². The molecule has 0 radical (unpaired) electrons. The van der Waals surface area contributed by atoms with E-state index in [0.717, 1.165) is 29.7 Å². The number of nitrogens with zero attached hydrogens (tertiary/aromatic N) is 3. The summed E-state index contributed by atoms with van der Waals surface area (Å²) in [4.78, 5) is 4.63. The zero-order chi connectivity index (χ0) is 23.4. The molecular formula is C25H27ClN4O4. The second-order valence-corrected chi connectivity index (χ2v) is 9.68. The van der Waals surface area contributed by atoms with Gasteiger partial charge in [0.2, 0.25) is 0 Å². The van der Waals surface area contributed by atoms with Crippen LogP contribution in [0.5, 0.6) is 0 Å². The van der Waals surface area contributed by atoms with Gasteiger partial charge >= 0.3 is 0 Å². The van der Waals surface area contributed by atoms with Gasteiger partial charge in [0.15, 0.2) is 12.1 Å². The molecular weight excluding hydrogens is 456 g/mol. The first kappa shape index (κ1) is 22.2. The van der Waals surface area contributed by atoms with Gasteiger partial charge in [0, 0.05) is 10.6 Å². The van der Waals surface area contributed by atoms with Crippen LogP contribution in [0.1, 0.15) is 53.9 Å². The molecule has 0 amide bonds. The number of aryl methyl sites for hydroxylation is 1. The highest BCUT2D eigenvalue weighted by Crippen LogP contribution is 2.44. The Morgan fingerprint density at radius 3 is 2.68 bits per heavy atom. The molecule has 3 fully saturated rings. The number of benzene rings is 2. The van der Waals surface area contributed by atoms with E-state index in [4.69, 9.17) is 31.5 Å². The molecule has 0 bridgehead atoms. The SMILES string of the molecule is Cc1nc([C@@H]2OC3COC(c4ccccc4)O[C@@H]3C(N)C2O)n(-c2cc(Cl)ccc2C2CC2)n1. The highest BCUT2D eigenvalue weighted by Gasteiger charge is 2.50. The zero-order valence-electron chi connectivity index (χ0n) is 18.8. The van der Waals surface area contributed by atoms with Crippen molar-refractivity contribution < 1.29 is 19.3 Å². The average Bonchev–Trinajstić information content (AvgIpc) is 3.62. The maximum Gasteiger partial charge on any atom is 0.184 e. The van der Waals surface area contributed by atoms with Gasteiger partial charge in [-0.05, 0) is 43.4 Å². The number of rotatable bonds is 4. The molecule has 3 N–H and O–H groups in total. The Bertz CT molecular complexity index is 1180. The minimum Gasteiger partial charge on any atom is -0.388 e. The number of nitrogens with two attached hydrogens (primary N) is 1. The number of aliphatic hydroxyl groups is 1. The number of fused-ring (bicyclic) bond motifs is 1. The molecule has 2 aliphatic heterocycles. The molecule has 178 valence electrons. The van der Waals surface area contributed by atoms with Crippen LogP contribution in [-0.2, 0) is 14.2 Å². The van der Waals surface area contributed by atoms with Crippen molar-refractivity contribution in [3.8, 4) is 5.69 Å². The summed E-state index contributed by atoms with van der Waals surface area (Å²) in [6.07, 6.45) is -1.09. The summed E-state index contributed by atoms with van der Waals surface area (Å²) >= 11 is 6.35. The maximum absolute atomic E-state index is 11.2. The molecule has 1 aromatic heterocycles. The fraction of sp³-hybridized carbons (Fsp3) is 0.440. The van der Waals surface area contributed by atoms with Gasteiger partial charge in [-0.15, -0.1) is 0 Å². The molecule has 34 heavy (non-hydrogen) atoms. The molecule has 1 aliphatic carbocycles. The molecule has 1 saturated carbocycles. The number of ether oxygens (including phenoxy) is 3. The molecule has 6 rings (SSSR count). The average molecular weight is 483 g/mol. The van der Waals surface area contributed by atoms with Gasteiger partial charge in [-0.1, -0.05) is 48.0 Å². The van der Waals surface area contributed by atoms with Crippen LogP contribution in [0, 0.1) is 6.92 Å². The second kappa shape index (κ2) is 8.71. The standard InChI is InChI=1S/C25H27ClN4O4/c1-13-28-24(30(29-13)18-11-16(26)9-10-17(18)14-7-8-14)23-21(31)20(27)22-19(33-23)12-32-25(34-22)15-5-3-2-4-6-15/h2-6,9-11,14,19-23,25,31H,7-8,12,27H2,1H3/t19?,20?,21?,22-,23+,25?/m0/s1. The van der Waals surface area contributed by atoms with Crippen molar-refractivity contribution >= 4 is 11.6 Å². The Labute approximate surface area is 202 Å². The topological polar surface area (TPSA) is 105 Å². The third kappa shape index (κ3) is 3.94. The van der Waals surface area contributed by atoms with Crippen LogP contribution in [0.2, 0.25) is 5.02 Å². The van der Waals surface area contributed by atoms with Crippen molar-refractivity contribution in [2.24, 2.45) is 5.73 Å². The van der Waals surface area contributed by atoms with Crippen molar-refractivity contribution in [2.45, 2.75) is 62.4 Å². The quantitative estimate of drug-likeness (QED) is 0.587. The lowest BCUT2D eigenvalue weighted by Gasteiger charge is -2.46. The fourth-order valence-electron chi connectivity index (χ4n) is 4.90. The van der Waals surface area contributed by atoms with E-state index in [1.54, 1.807) is 4.68 Å². The van der Waals surface area contributed by atoms with Crippen LogP contribution < -0.4 is 5.73 Å². The third-order valence-corrected chi connectivity index (χ3v) is 7.00. The van der Waals surface area contributed by atoms with Gasteiger partial charge in [0.1, 0.15) is 30.2 Å². The lowest BCUT2D eigenvalue weighted by molar-refractivity contribution is -0.309. The number of aromatic nitrogens is 3. The van der Waals surface area contributed by atoms with Crippen LogP contribution in [0.25, 0.3) is 5.69 Å². The lowest BCUT2D eigenvalue weighted by Crippen LogP contribution is -2.62. The summed E-state index contributed by atoms with van der Waals surface area (Å²) in [5.74, 6) is 1.54. The second-order valence-electron chi connectivity index (χ2n) is 9.25. The smallest absolute Gasteiger partial charge is 0.184 e. The zero-order valence-corrected chi connectivity index (χ0v) is 19.5. The van der Waals surface area contributed by atoms with Gasteiger partial charge in [0.05, 0.1) is 18.3 Å². The Hall–Kier alpha value is -2.33. The molecule has 3 aliphatic rings. The van der Waals surface area contributed by atoms with E-state index >= 15 is 0 Å². The van der Waals surface area contributed by atoms with Crippen LogP contribution >= 0.6 is 11.6 Å². The largest absolute Gasteiger partial charge is 0.388 e. The minimum absolute atomic E-state index is 0.290. The fourth-order valence-corrected chi connectivity index (χ4v) is 5.06. The number of halogens is 1.